The highest BCUT2D eigenvalue weighted by molar-refractivity contribution is 5.68. The van der Waals surface area contributed by atoms with E-state index in [2.05, 4.69) is 18.8 Å². The van der Waals surface area contributed by atoms with E-state index >= 15 is 0 Å². The molecular formula is C20H27NO2. The number of ether oxygens (including phenoxy) is 2. The molecule has 0 aromatic heterocycles. The molecule has 0 aliphatic carbocycles. The van der Waals surface area contributed by atoms with Crippen LogP contribution in [0.5, 0.6) is 5.75 Å². The number of hydrogen-bond acceptors (Lipinski definition) is 3. The van der Waals surface area contributed by atoms with Crippen LogP contribution >= 0.6 is 0 Å². The molecule has 0 amide bonds. The van der Waals surface area contributed by atoms with Gasteiger partial charge in [0.15, 0.2) is 0 Å². The van der Waals surface area contributed by atoms with E-state index in [1.54, 1.807) is 20.5 Å². The fourth-order valence-electron chi connectivity index (χ4n) is 2.20. The molecule has 3 heteroatoms. The lowest BCUT2D eigenvalue weighted by Gasteiger charge is -2.22. The summed E-state index contributed by atoms with van der Waals surface area (Å²) in [5.41, 5.74) is 3.18. The van der Waals surface area contributed by atoms with Crippen LogP contribution in [0.4, 0.5) is 0 Å². The van der Waals surface area contributed by atoms with Crippen LogP contribution in [0, 0.1) is 0 Å². The molecule has 0 aliphatic rings. The van der Waals surface area contributed by atoms with Crippen LogP contribution in [0.2, 0.25) is 0 Å². The minimum atomic E-state index is 0.154. The van der Waals surface area contributed by atoms with Crippen LogP contribution in [0.3, 0.4) is 0 Å². The first-order valence-electron chi connectivity index (χ1n) is 7.78. The molecule has 0 aliphatic heterocycles. The summed E-state index contributed by atoms with van der Waals surface area (Å²) in [4.78, 5) is 0. The predicted molar refractivity (Wildman–Crippen MR) is 98.3 cm³/mol. The Morgan fingerprint density at radius 1 is 1.26 bits per heavy atom. The summed E-state index contributed by atoms with van der Waals surface area (Å²) in [6, 6.07) is 8.14. The van der Waals surface area contributed by atoms with Gasteiger partial charge in [-0.05, 0) is 54.8 Å². The zero-order valence-corrected chi connectivity index (χ0v) is 14.5. The Balaban J connectivity index is 2.89. The molecule has 1 aromatic carbocycles. The van der Waals surface area contributed by atoms with Gasteiger partial charge in [-0.2, -0.15) is 0 Å². The van der Waals surface area contributed by atoms with Crippen molar-refractivity contribution in [3.8, 4) is 5.75 Å². The molecule has 0 saturated heterocycles. The van der Waals surface area contributed by atoms with E-state index in [1.807, 2.05) is 55.5 Å². The quantitative estimate of drug-likeness (QED) is 0.529. The highest BCUT2D eigenvalue weighted by Gasteiger charge is 2.12. The summed E-state index contributed by atoms with van der Waals surface area (Å²) in [5, 5.41) is 3.53. The first-order valence-corrected chi connectivity index (χ1v) is 7.78. The van der Waals surface area contributed by atoms with Gasteiger partial charge in [-0.25, -0.2) is 0 Å². The van der Waals surface area contributed by atoms with Crippen LogP contribution in [0.25, 0.3) is 5.57 Å². The van der Waals surface area contributed by atoms with Crippen molar-refractivity contribution in [3.05, 3.63) is 72.7 Å². The molecule has 0 heterocycles. The Kier molecular flexibility index (Phi) is 8.37. The maximum atomic E-state index is 5.20. The van der Waals surface area contributed by atoms with Gasteiger partial charge in [0.1, 0.15) is 5.75 Å². The van der Waals surface area contributed by atoms with E-state index in [0.29, 0.717) is 0 Å². The average Bonchev–Trinajstić information content (AvgIpc) is 2.59. The highest BCUT2D eigenvalue weighted by Crippen LogP contribution is 2.22. The molecule has 1 atom stereocenters. The van der Waals surface area contributed by atoms with Crippen molar-refractivity contribution in [3.63, 3.8) is 0 Å². The summed E-state index contributed by atoms with van der Waals surface area (Å²) in [5.74, 6) is 0.849. The minimum absolute atomic E-state index is 0.154. The normalized spacial score (nSPS) is 13.3. The van der Waals surface area contributed by atoms with E-state index in [0.717, 1.165) is 29.0 Å². The van der Waals surface area contributed by atoms with Crippen LogP contribution in [0.1, 0.15) is 25.8 Å². The Labute approximate surface area is 140 Å². The molecule has 1 unspecified atom stereocenters. The Morgan fingerprint density at radius 3 is 2.48 bits per heavy atom. The van der Waals surface area contributed by atoms with Gasteiger partial charge >= 0.3 is 0 Å². The second kappa shape index (κ2) is 10.3. The third-order valence-electron chi connectivity index (χ3n) is 3.47. The molecule has 0 fully saturated rings. The standard InChI is InChI=1S/C20H27NO2/c1-6-9-18(10-8-15-22-4)21-20(7-2)16(3)17-11-13-19(23-5)14-12-17/h6,8-15,20-21H,3,7H2,1-2,4-5H3/b9-6-,15-8+,18-10+. The molecule has 23 heavy (non-hydrogen) atoms. The second-order valence-corrected chi connectivity index (χ2v) is 5.05. The first-order chi connectivity index (χ1) is 11.2. The van der Waals surface area contributed by atoms with E-state index in [1.165, 1.54) is 0 Å². The lowest BCUT2D eigenvalue weighted by atomic mass is 9.98. The average molecular weight is 313 g/mol. The van der Waals surface area contributed by atoms with Gasteiger partial charge in [-0.3, -0.25) is 0 Å². The lowest BCUT2D eigenvalue weighted by Crippen LogP contribution is -2.28. The van der Waals surface area contributed by atoms with Crippen molar-refractivity contribution in [2.24, 2.45) is 0 Å². The van der Waals surface area contributed by atoms with Crippen molar-refractivity contribution in [1.82, 2.24) is 5.32 Å². The van der Waals surface area contributed by atoms with Gasteiger partial charge in [-0.1, -0.05) is 31.7 Å². The largest absolute Gasteiger partial charge is 0.504 e. The van der Waals surface area contributed by atoms with Crippen LogP contribution in [0.15, 0.2) is 67.1 Å². The smallest absolute Gasteiger partial charge is 0.118 e. The summed E-state index contributed by atoms with van der Waals surface area (Å²) in [6.45, 7) is 8.40. The van der Waals surface area contributed by atoms with Crippen molar-refractivity contribution < 1.29 is 9.47 Å². The number of rotatable bonds is 9. The maximum absolute atomic E-state index is 5.20. The fourth-order valence-corrected chi connectivity index (χ4v) is 2.20. The topological polar surface area (TPSA) is 30.5 Å². The minimum Gasteiger partial charge on any atom is -0.504 e. The third kappa shape index (κ3) is 6.07. The van der Waals surface area contributed by atoms with Crippen molar-refractivity contribution in [2.75, 3.05) is 14.2 Å². The highest BCUT2D eigenvalue weighted by atomic mass is 16.5. The summed E-state index contributed by atoms with van der Waals surface area (Å²) in [6.07, 6.45) is 10.5. The van der Waals surface area contributed by atoms with Gasteiger partial charge in [0, 0.05) is 5.70 Å². The van der Waals surface area contributed by atoms with E-state index in [-0.39, 0.29) is 6.04 Å². The molecule has 1 aromatic rings. The molecule has 1 N–H and O–H groups in total. The van der Waals surface area contributed by atoms with Crippen molar-refractivity contribution in [2.45, 2.75) is 26.3 Å². The van der Waals surface area contributed by atoms with Crippen molar-refractivity contribution >= 4 is 5.57 Å². The molecule has 0 bridgehead atoms. The Bertz CT molecular complexity index is 568. The van der Waals surface area contributed by atoms with E-state index < -0.39 is 0 Å². The third-order valence-corrected chi connectivity index (χ3v) is 3.47. The van der Waals surface area contributed by atoms with Crippen LogP contribution in [-0.4, -0.2) is 20.3 Å². The molecule has 0 saturated carbocycles. The van der Waals surface area contributed by atoms with Gasteiger partial charge in [0.05, 0.1) is 26.5 Å². The van der Waals surface area contributed by atoms with Gasteiger partial charge < -0.3 is 14.8 Å². The van der Waals surface area contributed by atoms with Gasteiger partial charge in [0.2, 0.25) is 0 Å². The SMILES string of the molecule is C=C(c1ccc(OC)cc1)C(CC)NC(/C=C\C)=C/C=C/OC. The zero-order valence-electron chi connectivity index (χ0n) is 14.5. The Morgan fingerprint density at radius 2 is 1.96 bits per heavy atom. The summed E-state index contributed by atoms with van der Waals surface area (Å²) in [7, 11) is 3.30. The summed E-state index contributed by atoms with van der Waals surface area (Å²) >= 11 is 0. The van der Waals surface area contributed by atoms with Crippen LogP contribution in [-0.2, 0) is 4.74 Å². The number of hydrogen-bond donors (Lipinski definition) is 1. The molecule has 1 rings (SSSR count). The second-order valence-electron chi connectivity index (χ2n) is 5.05. The summed E-state index contributed by atoms with van der Waals surface area (Å²) < 4.78 is 10.1. The number of nitrogens with one attached hydrogen (secondary N) is 1. The molecule has 0 radical (unpaired) electrons. The Hall–Kier alpha value is -2.42. The maximum Gasteiger partial charge on any atom is 0.118 e. The molecule has 124 valence electrons. The predicted octanol–water partition coefficient (Wildman–Crippen LogP) is 4.70. The first kappa shape index (κ1) is 18.6. The number of methoxy groups -OCH3 is 2. The van der Waals surface area contributed by atoms with Crippen molar-refractivity contribution in [1.29, 1.82) is 0 Å². The van der Waals surface area contributed by atoms with Gasteiger partial charge in [0.25, 0.3) is 0 Å². The fraction of sp³-hybridized carbons (Fsp3) is 0.300. The van der Waals surface area contributed by atoms with E-state index in [9.17, 15) is 0 Å². The van der Waals surface area contributed by atoms with Gasteiger partial charge in [-0.15, -0.1) is 0 Å². The van der Waals surface area contributed by atoms with E-state index in [4.69, 9.17) is 9.47 Å². The molecule has 0 spiro atoms. The van der Waals surface area contributed by atoms with Crippen LogP contribution < -0.4 is 10.1 Å². The number of benzene rings is 1. The monoisotopic (exact) mass is 313 g/mol. The molecular weight excluding hydrogens is 286 g/mol. The lowest BCUT2D eigenvalue weighted by molar-refractivity contribution is 0.338. The zero-order chi connectivity index (χ0) is 17.1. The number of allylic oxidation sites excluding steroid dienone is 4. The molecule has 3 nitrogen and oxygen atoms in total.